The molecule has 0 saturated carbocycles. The molecule has 0 aromatic heterocycles. The number of nitrogens with one attached hydrogen (secondary N) is 1. The van der Waals surface area contributed by atoms with Gasteiger partial charge in [-0.15, -0.1) is 0 Å². The van der Waals surface area contributed by atoms with Gasteiger partial charge >= 0.3 is 0 Å². The molecule has 0 aromatic carbocycles. The fraction of sp³-hybridized carbons (Fsp3) is 0.818. The average molecular weight is 225 g/mol. The molecule has 0 aliphatic carbocycles. The van der Waals surface area contributed by atoms with Crippen LogP contribution in [0.5, 0.6) is 0 Å². The van der Waals surface area contributed by atoms with Crippen LogP contribution in [-0.2, 0) is 9.59 Å². The summed E-state index contributed by atoms with van der Waals surface area (Å²) in [5, 5.41) is 2.36. The number of imide groups is 1. The number of nitrogens with two attached hydrogens (primary N) is 1. The van der Waals surface area contributed by atoms with Crippen LogP contribution in [0.4, 0.5) is 0 Å². The van der Waals surface area contributed by atoms with Gasteiger partial charge in [-0.25, -0.2) is 0 Å². The van der Waals surface area contributed by atoms with Gasteiger partial charge in [-0.1, -0.05) is 13.3 Å². The second kappa shape index (κ2) is 4.51. The van der Waals surface area contributed by atoms with Gasteiger partial charge in [-0.05, 0) is 12.3 Å². The molecule has 2 rings (SSSR count). The van der Waals surface area contributed by atoms with E-state index in [1.165, 1.54) is 0 Å². The molecule has 2 saturated heterocycles. The second-order valence-electron chi connectivity index (χ2n) is 4.75. The Balaban J connectivity index is 2.00. The first-order valence-corrected chi connectivity index (χ1v) is 5.95. The maximum absolute atomic E-state index is 11.6. The SMILES string of the molecule is CCC1CN(C2CC(=O)NC2=O)CCC1N. The fourth-order valence-electron chi connectivity index (χ4n) is 2.63. The molecule has 5 heteroatoms. The standard InChI is InChI=1S/C11H19N3O2/c1-2-7-6-14(4-3-8(7)12)9-5-10(15)13-11(9)16/h7-9H,2-6,12H2,1H3,(H,13,15,16). The van der Waals surface area contributed by atoms with Gasteiger partial charge < -0.3 is 5.73 Å². The van der Waals surface area contributed by atoms with E-state index >= 15 is 0 Å². The van der Waals surface area contributed by atoms with Gasteiger partial charge in [0.2, 0.25) is 11.8 Å². The van der Waals surface area contributed by atoms with E-state index in [1.807, 2.05) is 0 Å². The number of hydrogen-bond acceptors (Lipinski definition) is 4. The summed E-state index contributed by atoms with van der Waals surface area (Å²) in [6.07, 6.45) is 2.25. The zero-order chi connectivity index (χ0) is 11.7. The molecule has 2 amide bonds. The number of carbonyl (C=O) groups excluding carboxylic acids is 2. The van der Waals surface area contributed by atoms with Gasteiger partial charge in [0, 0.05) is 19.1 Å². The minimum absolute atomic E-state index is 0.143. The van der Waals surface area contributed by atoms with E-state index in [0.717, 1.165) is 25.9 Å². The van der Waals surface area contributed by atoms with Crippen molar-refractivity contribution in [3.8, 4) is 0 Å². The summed E-state index contributed by atoms with van der Waals surface area (Å²) >= 11 is 0. The first-order valence-electron chi connectivity index (χ1n) is 5.95. The van der Waals surface area contributed by atoms with Crippen LogP contribution in [0, 0.1) is 5.92 Å². The van der Waals surface area contributed by atoms with Crippen molar-refractivity contribution in [2.45, 2.75) is 38.3 Å². The third kappa shape index (κ3) is 2.10. The molecule has 0 aromatic rings. The Hall–Kier alpha value is -0.940. The number of carbonyl (C=O) groups is 2. The molecule has 2 heterocycles. The van der Waals surface area contributed by atoms with Crippen molar-refractivity contribution < 1.29 is 9.59 Å². The predicted molar refractivity (Wildman–Crippen MR) is 59.5 cm³/mol. The minimum atomic E-state index is -0.256. The molecule has 90 valence electrons. The van der Waals surface area contributed by atoms with Crippen LogP contribution in [0.25, 0.3) is 0 Å². The van der Waals surface area contributed by atoms with Crippen LogP contribution in [-0.4, -0.2) is 41.9 Å². The average Bonchev–Trinajstić information content (AvgIpc) is 2.59. The van der Waals surface area contributed by atoms with E-state index in [4.69, 9.17) is 5.73 Å². The van der Waals surface area contributed by atoms with Crippen LogP contribution in [0.3, 0.4) is 0 Å². The van der Waals surface area contributed by atoms with Crippen molar-refractivity contribution in [2.75, 3.05) is 13.1 Å². The van der Waals surface area contributed by atoms with Crippen LogP contribution in [0.2, 0.25) is 0 Å². The Morgan fingerprint density at radius 2 is 2.25 bits per heavy atom. The first kappa shape index (κ1) is 11.5. The molecule has 2 fully saturated rings. The lowest BCUT2D eigenvalue weighted by Gasteiger charge is -2.38. The van der Waals surface area contributed by atoms with Crippen molar-refractivity contribution in [2.24, 2.45) is 11.7 Å². The number of hydrogen-bond donors (Lipinski definition) is 2. The summed E-state index contributed by atoms with van der Waals surface area (Å²) in [6.45, 7) is 3.78. The number of likely N-dealkylation sites (tertiary alicyclic amines) is 1. The first-order chi connectivity index (χ1) is 7.61. The minimum Gasteiger partial charge on any atom is -0.327 e. The number of piperidine rings is 1. The third-order valence-electron chi connectivity index (χ3n) is 3.73. The van der Waals surface area contributed by atoms with E-state index in [0.29, 0.717) is 12.3 Å². The quantitative estimate of drug-likeness (QED) is 0.619. The maximum Gasteiger partial charge on any atom is 0.244 e. The summed E-state index contributed by atoms with van der Waals surface area (Å²) in [7, 11) is 0. The molecule has 3 unspecified atom stereocenters. The molecule has 0 radical (unpaired) electrons. The van der Waals surface area contributed by atoms with E-state index in [9.17, 15) is 9.59 Å². The highest BCUT2D eigenvalue weighted by atomic mass is 16.2. The highest BCUT2D eigenvalue weighted by Gasteiger charge is 2.38. The van der Waals surface area contributed by atoms with Gasteiger partial charge in [0.15, 0.2) is 0 Å². The van der Waals surface area contributed by atoms with Gasteiger partial charge in [-0.3, -0.25) is 19.8 Å². The Bertz CT molecular complexity index is 306. The van der Waals surface area contributed by atoms with Crippen LogP contribution < -0.4 is 11.1 Å². The van der Waals surface area contributed by atoms with Crippen LogP contribution >= 0.6 is 0 Å². The molecule has 3 N–H and O–H groups in total. The second-order valence-corrected chi connectivity index (χ2v) is 4.75. The monoisotopic (exact) mass is 225 g/mol. The molecular weight excluding hydrogens is 206 g/mol. The van der Waals surface area contributed by atoms with Gasteiger partial charge in [0.05, 0.1) is 12.5 Å². The molecule has 2 aliphatic heterocycles. The van der Waals surface area contributed by atoms with Crippen molar-refractivity contribution >= 4 is 11.8 Å². The number of nitrogens with zero attached hydrogens (tertiary/aromatic N) is 1. The molecule has 0 spiro atoms. The normalized spacial score (nSPS) is 36.5. The Labute approximate surface area is 95.3 Å². The molecule has 3 atom stereocenters. The van der Waals surface area contributed by atoms with Crippen molar-refractivity contribution in [1.29, 1.82) is 0 Å². The van der Waals surface area contributed by atoms with E-state index in [1.54, 1.807) is 0 Å². The lowest BCUT2D eigenvalue weighted by Crippen LogP contribution is -2.52. The highest BCUT2D eigenvalue weighted by molar-refractivity contribution is 6.05. The predicted octanol–water partition coefficient (Wildman–Crippen LogP) is -0.539. The Morgan fingerprint density at radius 1 is 1.50 bits per heavy atom. The molecular formula is C11H19N3O2. The Morgan fingerprint density at radius 3 is 2.81 bits per heavy atom. The number of amides is 2. The smallest absolute Gasteiger partial charge is 0.244 e. The lowest BCUT2D eigenvalue weighted by atomic mass is 9.89. The number of rotatable bonds is 2. The Kier molecular flexibility index (Phi) is 3.25. The fourth-order valence-corrected chi connectivity index (χ4v) is 2.63. The van der Waals surface area contributed by atoms with Gasteiger partial charge in [-0.2, -0.15) is 0 Å². The molecule has 0 bridgehead atoms. The van der Waals surface area contributed by atoms with Gasteiger partial charge in [0.1, 0.15) is 0 Å². The van der Waals surface area contributed by atoms with Crippen LogP contribution in [0.15, 0.2) is 0 Å². The summed E-state index contributed by atoms with van der Waals surface area (Å²) in [6, 6.07) is -0.0181. The largest absolute Gasteiger partial charge is 0.327 e. The third-order valence-corrected chi connectivity index (χ3v) is 3.73. The molecule has 16 heavy (non-hydrogen) atoms. The van der Waals surface area contributed by atoms with Crippen molar-refractivity contribution in [1.82, 2.24) is 10.2 Å². The highest BCUT2D eigenvalue weighted by Crippen LogP contribution is 2.22. The van der Waals surface area contributed by atoms with E-state index in [-0.39, 0.29) is 23.9 Å². The maximum atomic E-state index is 11.6. The van der Waals surface area contributed by atoms with E-state index < -0.39 is 0 Å². The van der Waals surface area contributed by atoms with Crippen LogP contribution in [0.1, 0.15) is 26.2 Å². The van der Waals surface area contributed by atoms with Crippen molar-refractivity contribution in [3.05, 3.63) is 0 Å². The summed E-state index contributed by atoms with van der Waals surface area (Å²) in [4.78, 5) is 24.8. The van der Waals surface area contributed by atoms with Gasteiger partial charge in [0.25, 0.3) is 0 Å². The van der Waals surface area contributed by atoms with E-state index in [2.05, 4.69) is 17.1 Å². The summed E-state index contributed by atoms with van der Waals surface area (Å²) in [5.74, 6) is 0.144. The zero-order valence-corrected chi connectivity index (χ0v) is 9.61. The topological polar surface area (TPSA) is 75.4 Å². The molecule has 5 nitrogen and oxygen atoms in total. The molecule has 2 aliphatic rings. The summed E-state index contributed by atoms with van der Waals surface area (Å²) < 4.78 is 0. The zero-order valence-electron chi connectivity index (χ0n) is 9.61. The lowest BCUT2D eigenvalue weighted by molar-refractivity contribution is -0.126. The van der Waals surface area contributed by atoms with Crippen molar-refractivity contribution in [3.63, 3.8) is 0 Å². The summed E-state index contributed by atoms with van der Waals surface area (Å²) in [5.41, 5.74) is 6.02.